The molecule has 43 heavy (non-hydrogen) atoms. The number of carboxylic acids is 1. The van der Waals surface area contributed by atoms with E-state index in [-0.39, 0.29) is 44.2 Å². The summed E-state index contributed by atoms with van der Waals surface area (Å²) in [5, 5.41) is 11.1. The van der Waals surface area contributed by atoms with Crippen molar-refractivity contribution >= 4 is 22.9 Å². The SMILES string of the molecule is COCCc1c(CC2CCC(OC(C)C)CC2)c2ccc(F)cc2n1C(=O)N1CCC(C(=O)O)(c2ccc(F)cc2)CC1. The number of carbonyl (C=O) groups excluding carboxylic acids is 1. The van der Waals surface area contributed by atoms with Gasteiger partial charge in [-0.05, 0) is 106 Å². The highest BCUT2D eigenvalue weighted by Gasteiger charge is 2.44. The van der Waals surface area contributed by atoms with E-state index >= 15 is 0 Å². The van der Waals surface area contributed by atoms with Gasteiger partial charge in [0.1, 0.15) is 11.6 Å². The fourth-order valence-corrected chi connectivity index (χ4v) is 7.05. The molecule has 5 rings (SSSR count). The molecule has 1 saturated heterocycles. The minimum Gasteiger partial charge on any atom is -0.481 e. The number of ether oxygens (including phenoxy) is 2. The molecule has 1 aliphatic heterocycles. The molecule has 2 aliphatic rings. The number of rotatable bonds is 9. The number of likely N-dealkylation sites (tertiary alicyclic amines) is 1. The quantitative estimate of drug-likeness (QED) is 0.297. The first-order valence-electron chi connectivity index (χ1n) is 15.4. The zero-order valence-corrected chi connectivity index (χ0v) is 25.3. The number of aliphatic carboxylic acids is 1. The van der Waals surface area contributed by atoms with Gasteiger partial charge in [-0.2, -0.15) is 0 Å². The number of amides is 1. The largest absolute Gasteiger partial charge is 0.481 e. The van der Waals surface area contributed by atoms with Crippen molar-refractivity contribution in [3.05, 3.63) is 70.9 Å². The third-order valence-corrected chi connectivity index (χ3v) is 9.32. The van der Waals surface area contributed by atoms with Crippen molar-refractivity contribution in [2.75, 3.05) is 26.8 Å². The average molecular weight is 597 g/mol. The number of methoxy groups -OCH3 is 1. The van der Waals surface area contributed by atoms with Crippen molar-refractivity contribution in [1.82, 2.24) is 9.47 Å². The van der Waals surface area contributed by atoms with E-state index in [1.807, 2.05) is 0 Å². The Balaban J connectivity index is 1.44. The van der Waals surface area contributed by atoms with Gasteiger partial charge < -0.3 is 19.5 Å². The molecule has 0 bridgehead atoms. The molecular formula is C34H42F2N2O5. The monoisotopic (exact) mass is 596 g/mol. The summed E-state index contributed by atoms with van der Waals surface area (Å²) in [5.74, 6) is -1.42. The number of carbonyl (C=O) groups is 2. The third-order valence-electron chi connectivity index (χ3n) is 9.32. The van der Waals surface area contributed by atoms with Crippen molar-refractivity contribution in [2.45, 2.75) is 82.8 Å². The van der Waals surface area contributed by atoms with E-state index in [9.17, 15) is 23.5 Å². The second-order valence-electron chi connectivity index (χ2n) is 12.4. The molecule has 0 spiro atoms. The minimum absolute atomic E-state index is 0.190. The number of hydrogen-bond acceptors (Lipinski definition) is 4. The van der Waals surface area contributed by atoms with Gasteiger partial charge in [-0.3, -0.25) is 9.36 Å². The van der Waals surface area contributed by atoms with E-state index in [0.717, 1.165) is 48.7 Å². The van der Waals surface area contributed by atoms with Crippen molar-refractivity contribution in [3.63, 3.8) is 0 Å². The summed E-state index contributed by atoms with van der Waals surface area (Å²) in [6, 6.07) is 9.91. The maximum Gasteiger partial charge on any atom is 0.328 e. The summed E-state index contributed by atoms with van der Waals surface area (Å²) in [7, 11) is 1.62. The molecule has 0 unspecified atom stereocenters. The van der Waals surface area contributed by atoms with Crippen molar-refractivity contribution in [2.24, 2.45) is 5.92 Å². The van der Waals surface area contributed by atoms with Gasteiger partial charge in [0.2, 0.25) is 0 Å². The summed E-state index contributed by atoms with van der Waals surface area (Å²) in [4.78, 5) is 28.4. The predicted octanol–water partition coefficient (Wildman–Crippen LogP) is 6.72. The Morgan fingerprint density at radius 1 is 1.00 bits per heavy atom. The number of benzene rings is 2. The van der Waals surface area contributed by atoms with Gasteiger partial charge >= 0.3 is 12.0 Å². The molecule has 1 amide bonds. The van der Waals surface area contributed by atoms with Crippen molar-refractivity contribution < 1.29 is 33.0 Å². The second kappa shape index (κ2) is 13.1. The van der Waals surface area contributed by atoms with Crippen LogP contribution in [0.5, 0.6) is 0 Å². The molecule has 2 fully saturated rings. The Kier molecular flexibility index (Phi) is 9.51. The smallest absolute Gasteiger partial charge is 0.328 e. The summed E-state index contributed by atoms with van der Waals surface area (Å²) in [6.45, 7) is 4.94. The number of hydrogen-bond donors (Lipinski definition) is 1. The molecule has 0 radical (unpaired) electrons. The molecule has 7 nitrogen and oxygen atoms in total. The zero-order valence-electron chi connectivity index (χ0n) is 25.3. The van der Waals surface area contributed by atoms with E-state index in [1.165, 1.54) is 36.4 Å². The van der Waals surface area contributed by atoms with Crippen molar-refractivity contribution in [3.8, 4) is 0 Å². The minimum atomic E-state index is -1.21. The maximum atomic E-state index is 14.7. The molecular weight excluding hydrogens is 554 g/mol. The molecule has 1 N–H and O–H groups in total. The Labute approximate surface area is 251 Å². The lowest BCUT2D eigenvalue weighted by molar-refractivity contribution is -0.145. The number of halogens is 2. The lowest BCUT2D eigenvalue weighted by Crippen LogP contribution is -2.50. The Bertz CT molecular complexity index is 1440. The highest BCUT2D eigenvalue weighted by molar-refractivity contribution is 5.96. The molecule has 2 aromatic carbocycles. The molecule has 1 saturated carbocycles. The first kappa shape index (κ1) is 31.1. The van der Waals surface area contributed by atoms with E-state index in [1.54, 1.807) is 22.6 Å². The molecule has 2 heterocycles. The van der Waals surface area contributed by atoms with Crippen LogP contribution in [-0.2, 0) is 32.5 Å². The topological polar surface area (TPSA) is 81.0 Å². The maximum absolute atomic E-state index is 14.7. The lowest BCUT2D eigenvalue weighted by Gasteiger charge is -2.39. The number of piperidine rings is 1. The zero-order chi connectivity index (χ0) is 30.7. The Morgan fingerprint density at radius 2 is 1.65 bits per heavy atom. The van der Waals surface area contributed by atoms with Crippen LogP contribution in [0.2, 0.25) is 0 Å². The molecule has 0 atom stereocenters. The molecule has 1 aliphatic carbocycles. The standard InChI is InChI=1S/C34H42F2N2O5/c1-22(2)43-27-11-4-23(5-12-27)20-29-28-13-10-26(36)21-31(28)38(30(29)14-19-42-3)33(41)37-17-15-34(16-18-37,32(39)40)24-6-8-25(35)9-7-24/h6-10,13,21-23,27H,4-5,11-12,14-20H2,1-3H3,(H,39,40). The van der Waals surface area contributed by atoms with Crippen LogP contribution < -0.4 is 0 Å². The Morgan fingerprint density at radius 3 is 2.26 bits per heavy atom. The van der Waals surface area contributed by atoms with Crippen LogP contribution in [0.3, 0.4) is 0 Å². The van der Waals surface area contributed by atoms with Crippen LogP contribution in [0.15, 0.2) is 42.5 Å². The summed E-state index contributed by atoms with van der Waals surface area (Å²) in [5.41, 5.74) is 1.71. The summed E-state index contributed by atoms with van der Waals surface area (Å²) in [6.07, 6.45) is 6.16. The molecule has 232 valence electrons. The van der Waals surface area contributed by atoms with Crippen LogP contribution in [0.4, 0.5) is 13.6 Å². The Hall–Kier alpha value is -3.30. The summed E-state index contributed by atoms with van der Waals surface area (Å²) >= 11 is 0. The first-order valence-corrected chi connectivity index (χ1v) is 15.4. The van der Waals surface area contributed by atoms with Gasteiger partial charge in [0.25, 0.3) is 0 Å². The van der Waals surface area contributed by atoms with E-state index in [2.05, 4.69) is 13.8 Å². The van der Waals surface area contributed by atoms with Gasteiger partial charge in [-0.15, -0.1) is 0 Å². The van der Waals surface area contributed by atoms with Gasteiger partial charge in [0.15, 0.2) is 0 Å². The number of aromatic nitrogens is 1. The fraction of sp³-hybridized carbons (Fsp3) is 0.529. The van der Waals surface area contributed by atoms with Crippen LogP contribution in [-0.4, -0.2) is 65.6 Å². The number of nitrogens with zero attached hydrogens (tertiary/aromatic N) is 2. The van der Waals surface area contributed by atoms with Crippen LogP contribution in [0.25, 0.3) is 10.9 Å². The number of fused-ring (bicyclic) bond motifs is 1. The van der Waals surface area contributed by atoms with Crippen LogP contribution >= 0.6 is 0 Å². The second-order valence-corrected chi connectivity index (χ2v) is 12.4. The normalized spacial score (nSPS) is 20.6. The fourth-order valence-electron chi connectivity index (χ4n) is 7.05. The van der Waals surface area contributed by atoms with E-state index < -0.39 is 23.0 Å². The highest BCUT2D eigenvalue weighted by Crippen LogP contribution is 2.38. The van der Waals surface area contributed by atoms with Crippen LogP contribution in [0, 0.1) is 17.6 Å². The van der Waals surface area contributed by atoms with Gasteiger partial charge in [-0.25, -0.2) is 13.6 Å². The summed E-state index contributed by atoms with van der Waals surface area (Å²) < 4.78 is 41.4. The molecule has 9 heteroatoms. The van der Waals surface area contributed by atoms with Crippen LogP contribution in [0.1, 0.15) is 69.2 Å². The molecule has 1 aromatic heterocycles. The predicted molar refractivity (Wildman–Crippen MR) is 160 cm³/mol. The van der Waals surface area contributed by atoms with Crippen molar-refractivity contribution in [1.29, 1.82) is 0 Å². The number of carboxylic acid groups (broad SMARTS) is 1. The lowest BCUT2D eigenvalue weighted by atomic mass is 9.73. The molecule has 3 aromatic rings. The highest BCUT2D eigenvalue weighted by atomic mass is 19.1. The van der Waals surface area contributed by atoms with E-state index in [4.69, 9.17) is 9.47 Å². The average Bonchev–Trinajstić information content (AvgIpc) is 3.28. The third kappa shape index (κ3) is 6.48. The van der Waals surface area contributed by atoms with Gasteiger partial charge in [0, 0.05) is 37.7 Å². The van der Waals surface area contributed by atoms with Gasteiger partial charge in [-0.1, -0.05) is 12.1 Å². The first-order chi connectivity index (χ1) is 20.6. The van der Waals surface area contributed by atoms with E-state index in [0.29, 0.717) is 30.0 Å². The van der Waals surface area contributed by atoms with Gasteiger partial charge in [0.05, 0.1) is 29.7 Å².